The number of likely N-dealkylation sites (N-methyl/N-ethyl adjacent to an activating group) is 1. The number of rotatable bonds is 7. The number of carbonyl (C=O) groups excluding carboxylic acids is 1. The lowest BCUT2D eigenvalue weighted by Crippen LogP contribution is -2.60. The maximum absolute atomic E-state index is 14.1. The molecule has 0 amide bonds. The summed E-state index contributed by atoms with van der Waals surface area (Å²) in [6.07, 6.45) is -7.39. The summed E-state index contributed by atoms with van der Waals surface area (Å²) >= 11 is 0. The van der Waals surface area contributed by atoms with Crippen molar-refractivity contribution >= 4 is 5.97 Å². The molecule has 3 fully saturated rings. The smallest absolute Gasteiger partial charge is 0.311 e. The Balaban J connectivity index is 1.84. The van der Waals surface area contributed by atoms with Gasteiger partial charge >= 0.3 is 5.97 Å². The van der Waals surface area contributed by atoms with Crippen LogP contribution in [0.15, 0.2) is 11.3 Å². The molecule has 290 valence electrons. The van der Waals surface area contributed by atoms with Crippen molar-refractivity contribution in [3.63, 3.8) is 0 Å². The number of hydrogen-bond donors (Lipinski definition) is 4. The van der Waals surface area contributed by atoms with Crippen molar-refractivity contribution in [1.82, 2.24) is 4.90 Å². The normalized spacial score (nSPS) is 49.5. The van der Waals surface area contributed by atoms with Gasteiger partial charge in [0, 0.05) is 37.8 Å². The molecule has 0 aromatic rings. The van der Waals surface area contributed by atoms with Crippen molar-refractivity contribution in [2.24, 2.45) is 17.8 Å². The second-order valence-electron chi connectivity index (χ2n) is 16.3. The number of methoxy groups -OCH3 is 1. The quantitative estimate of drug-likeness (QED) is 0.285. The van der Waals surface area contributed by atoms with Crippen molar-refractivity contribution in [2.75, 3.05) is 21.2 Å². The Morgan fingerprint density at radius 2 is 1.60 bits per heavy atom. The second kappa shape index (κ2) is 15.5. The number of esters is 1. The first-order chi connectivity index (χ1) is 23.1. The molecule has 13 nitrogen and oxygen atoms in total. The van der Waals surface area contributed by atoms with Crippen molar-refractivity contribution in [3.05, 3.63) is 11.3 Å². The Morgan fingerprint density at radius 1 is 0.960 bits per heavy atom. The number of cyclic esters (lactones) is 1. The molecule has 0 radical (unpaired) electrons. The van der Waals surface area contributed by atoms with E-state index in [9.17, 15) is 25.2 Å². The average molecular weight is 716 g/mol. The Morgan fingerprint density at radius 3 is 2.18 bits per heavy atom. The maximum atomic E-state index is 14.1. The molecular weight excluding hydrogens is 650 g/mol. The largest absolute Gasteiger partial charge is 0.489 e. The fourth-order valence-corrected chi connectivity index (χ4v) is 8.73. The van der Waals surface area contributed by atoms with Crippen LogP contribution in [0.2, 0.25) is 0 Å². The van der Waals surface area contributed by atoms with E-state index >= 15 is 0 Å². The molecule has 17 atom stereocenters. The maximum Gasteiger partial charge on any atom is 0.311 e. The third-order valence-electron chi connectivity index (χ3n) is 12.0. The molecule has 4 aliphatic rings. The van der Waals surface area contributed by atoms with Gasteiger partial charge < -0.3 is 58.5 Å². The van der Waals surface area contributed by atoms with Crippen LogP contribution >= 0.6 is 0 Å². The minimum atomic E-state index is -1.82. The number of carbonyl (C=O) groups is 1. The van der Waals surface area contributed by atoms with Gasteiger partial charge in [0.2, 0.25) is 0 Å². The van der Waals surface area contributed by atoms with E-state index in [1.807, 2.05) is 46.7 Å². The van der Waals surface area contributed by atoms with Crippen molar-refractivity contribution in [1.29, 1.82) is 0 Å². The highest BCUT2D eigenvalue weighted by Gasteiger charge is 2.56. The van der Waals surface area contributed by atoms with E-state index in [1.165, 1.54) is 14.0 Å². The van der Waals surface area contributed by atoms with Crippen LogP contribution in [0.3, 0.4) is 0 Å². The number of aliphatic hydroxyl groups excluding tert-OH is 3. The van der Waals surface area contributed by atoms with Gasteiger partial charge in [-0.25, -0.2) is 0 Å². The van der Waals surface area contributed by atoms with Crippen LogP contribution in [-0.2, 0) is 38.0 Å². The SMILES string of the molecule is CC[C@H]1OC(=O)[C@H](C)C(O[C@H]2C[C@@](C)(OC)[C@@H](O)[C@H](C)O2)[C@H](C)C(O[C@@H]2O[C@H](C)C[C@H](N(C)C)[C@H]2O)[C@@]2(C)CC(C)=C(O2)[C@H](C)[C@@H](O)[C@]1(C)O. The highest BCUT2D eigenvalue weighted by atomic mass is 16.7. The molecule has 4 aliphatic heterocycles. The molecule has 3 saturated heterocycles. The number of hydrogen-bond acceptors (Lipinski definition) is 13. The van der Waals surface area contributed by atoms with Crippen molar-refractivity contribution in [3.8, 4) is 0 Å². The highest BCUT2D eigenvalue weighted by Crippen LogP contribution is 2.47. The summed E-state index contributed by atoms with van der Waals surface area (Å²) in [6.45, 7) is 18.0. The zero-order chi connectivity index (χ0) is 37.7. The van der Waals surface area contributed by atoms with Gasteiger partial charge in [0.25, 0.3) is 0 Å². The van der Waals surface area contributed by atoms with E-state index in [4.69, 9.17) is 33.2 Å². The van der Waals surface area contributed by atoms with Crippen molar-refractivity contribution in [2.45, 2.75) is 179 Å². The summed E-state index contributed by atoms with van der Waals surface area (Å²) in [5.74, 6) is -2.31. The Kier molecular flexibility index (Phi) is 12.8. The van der Waals surface area contributed by atoms with Crippen LogP contribution in [0.4, 0.5) is 0 Å². The van der Waals surface area contributed by atoms with E-state index in [2.05, 4.69) is 0 Å². The van der Waals surface area contributed by atoms with Crippen LogP contribution in [-0.4, -0.2) is 137 Å². The first-order valence-electron chi connectivity index (χ1n) is 18.3. The molecule has 0 aromatic carbocycles. The summed E-state index contributed by atoms with van der Waals surface area (Å²) in [7, 11) is 5.34. The van der Waals surface area contributed by atoms with E-state index in [0.29, 0.717) is 18.6 Å². The third kappa shape index (κ3) is 7.93. The minimum Gasteiger partial charge on any atom is -0.489 e. The van der Waals surface area contributed by atoms with Gasteiger partial charge in [-0.2, -0.15) is 0 Å². The fourth-order valence-electron chi connectivity index (χ4n) is 8.73. The zero-order valence-corrected chi connectivity index (χ0v) is 32.4. The van der Waals surface area contributed by atoms with Crippen LogP contribution in [0.5, 0.6) is 0 Å². The second-order valence-corrected chi connectivity index (χ2v) is 16.3. The molecule has 0 saturated carbocycles. The minimum absolute atomic E-state index is 0.173. The summed E-state index contributed by atoms with van der Waals surface area (Å²) < 4.78 is 44.6. The first-order valence-corrected chi connectivity index (χ1v) is 18.3. The molecule has 50 heavy (non-hydrogen) atoms. The van der Waals surface area contributed by atoms with E-state index in [1.54, 1.807) is 34.6 Å². The predicted molar refractivity (Wildman–Crippen MR) is 184 cm³/mol. The summed E-state index contributed by atoms with van der Waals surface area (Å²) in [4.78, 5) is 16.1. The topological polar surface area (TPSA) is 166 Å². The van der Waals surface area contributed by atoms with Crippen LogP contribution < -0.4 is 0 Å². The fraction of sp³-hybridized carbons (Fsp3) is 0.919. The zero-order valence-electron chi connectivity index (χ0n) is 32.4. The lowest BCUT2D eigenvalue weighted by Gasteiger charge is -2.48. The molecule has 0 aliphatic carbocycles. The molecule has 0 spiro atoms. The molecule has 13 heteroatoms. The molecular formula is C37H65NO12. The molecule has 0 aromatic heterocycles. The van der Waals surface area contributed by atoms with Gasteiger partial charge in [-0.3, -0.25) is 4.79 Å². The van der Waals surface area contributed by atoms with E-state index < -0.39 is 95.8 Å². The van der Waals surface area contributed by atoms with E-state index in [-0.39, 0.29) is 25.0 Å². The van der Waals surface area contributed by atoms with Gasteiger partial charge in [-0.1, -0.05) is 20.8 Å². The van der Waals surface area contributed by atoms with Gasteiger partial charge in [0.05, 0.1) is 35.9 Å². The number of nitrogens with zero attached hydrogens (tertiary/aromatic N) is 1. The summed E-state index contributed by atoms with van der Waals surface area (Å²) in [6, 6.07) is -0.235. The van der Waals surface area contributed by atoms with Gasteiger partial charge in [-0.05, 0) is 81.0 Å². The highest BCUT2D eigenvalue weighted by molar-refractivity contribution is 5.73. The standard InChI is InChI=1S/C37H65NO12/c1-14-25-37(10,43)30(40)20(4)28-18(2)16-36(9,50-28)32(49-34-27(39)24(38(11)12)15-19(3)45-34)21(5)29(22(6)33(42)47-25)48-26-17-35(8,44-13)31(41)23(7)46-26/h19-27,29-32,34,39-41,43H,14-17H2,1-13H3/t19-,20+,21+,22-,23+,24+,25-,26+,27-,29?,30-,31+,32?,34+,35-,36-,37-/m1/s1. The first kappa shape index (κ1) is 41.4. The lowest BCUT2D eigenvalue weighted by molar-refractivity contribution is -0.316. The third-order valence-corrected chi connectivity index (χ3v) is 12.0. The Bertz CT molecular complexity index is 1210. The lowest BCUT2D eigenvalue weighted by atomic mass is 9.78. The number of fused-ring (bicyclic) bond motifs is 2. The molecule has 4 rings (SSSR count). The monoisotopic (exact) mass is 715 g/mol. The predicted octanol–water partition coefficient (Wildman–Crippen LogP) is 2.89. The van der Waals surface area contributed by atoms with Crippen LogP contribution in [0.25, 0.3) is 0 Å². The molecule has 4 heterocycles. The van der Waals surface area contributed by atoms with Crippen LogP contribution in [0.1, 0.15) is 94.9 Å². The average Bonchev–Trinajstić information content (AvgIpc) is 3.37. The number of ether oxygens (including phenoxy) is 7. The van der Waals surface area contributed by atoms with Gasteiger partial charge in [0.15, 0.2) is 12.6 Å². The van der Waals surface area contributed by atoms with Gasteiger partial charge in [0.1, 0.15) is 41.4 Å². The number of aliphatic hydroxyl groups is 4. The molecule has 2 unspecified atom stereocenters. The molecule has 4 N–H and O–H groups in total. The van der Waals surface area contributed by atoms with Gasteiger partial charge in [-0.15, -0.1) is 0 Å². The van der Waals surface area contributed by atoms with Crippen LogP contribution in [0, 0.1) is 17.8 Å². The summed E-state index contributed by atoms with van der Waals surface area (Å²) in [5, 5.41) is 45.9. The Labute approximate surface area is 298 Å². The van der Waals surface area contributed by atoms with E-state index in [0.717, 1.165) is 5.57 Å². The summed E-state index contributed by atoms with van der Waals surface area (Å²) in [5.41, 5.74) is -3.00. The van der Waals surface area contributed by atoms with Crippen molar-refractivity contribution < 1.29 is 58.4 Å². The Hall–Kier alpha value is -1.39. The molecule has 2 bridgehead atoms.